The van der Waals surface area contributed by atoms with Crippen molar-refractivity contribution in [2.45, 2.75) is 13.3 Å². The number of nitrogen functional groups attached to an aromatic ring is 1. The highest BCUT2D eigenvalue weighted by Crippen LogP contribution is 2.33. The van der Waals surface area contributed by atoms with Gasteiger partial charge in [-0.05, 0) is 30.0 Å². The molecule has 0 unspecified atom stereocenters. The fourth-order valence-electron chi connectivity index (χ4n) is 1.84. The summed E-state index contributed by atoms with van der Waals surface area (Å²) in [6, 6.07) is 9.65. The average molecular weight is 301 g/mol. The third-order valence-corrected chi connectivity index (χ3v) is 4.12. The van der Waals surface area contributed by atoms with Gasteiger partial charge in [0.25, 0.3) is 5.89 Å². The number of rotatable bonds is 5. The first-order chi connectivity index (χ1) is 10.2. The van der Waals surface area contributed by atoms with Crippen LogP contribution < -0.4 is 10.5 Å². The predicted molar refractivity (Wildman–Crippen MR) is 82.4 cm³/mol. The maximum atomic E-state index is 5.98. The van der Waals surface area contributed by atoms with Crippen LogP contribution in [0.3, 0.4) is 0 Å². The van der Waals surface area contributed by atoms with Crippen molar-refractivity contribution >= 4 is 17.0 Å². The van der Waals surface area contributed by atoms with Gasteiger partial charge in [-0.3, -0.25) is 0 Å². The molecule has 3 aromatic rings. The first kappa shape index (κ1) is 13.6. The van der Waals surface area contributed by atoms with Crippen LogP contribution in [-0.2, 0) is 6.42 Å². The molecule has 0 fully saturated rings. The van der Waals surface area contributed by atoms with Gasteiger partial charge >= 0.3 is 0 Å². The second kappa shape index (κ2) is 5.97. The van der Waals surface area contributed by atoms with Crippen molar-refractivity contribution in [1.82, 2.24) is 10.1 Å². The number of ether oxygens (including phenoxy) is 1. The Morgan fingerprint density at radius 1 is 1.29 bits per heavy atom. The number of para-hydroxylation sites is 1. The van der Waals surface area contributed by atoms with Gasteiger partial charge in [0.1, 0.15) is 10.6 Å². The van der Waals surface area contributed by atoms with Gasteiger partial charge in [-0.1, -0.05) is 23.4 Å². The van der Waals surface area contributed by atoms with Crippen LogP contribution in [0.25, 0.3) is 10.8 Å². The lowest BCUT2D eigenvalue weighted by molar-refractivity contribution is 0.315. The Balaban J connectivity index is 1.62. The van der Waals surface area contributed by atoms with Gasteiger partial charge < -0.3 is 15.0 Å². The lowest BCUT2D eigenvalue weighted by Crippen LogP contribution is -2.02. The smallest absolute Gasteiger partial charge is 0.270 e. The first-order valence-electron chi connectivity index (χ1n) is 6.58. The lowest BCUT2D eigenvalue weighted by Gasteiger charge is -2.02. The zero-order valence-electron chi connectivity index (χ0n) is 11.6. The summed E-state index contributed by atoms with van der Waals surface area (Å²) >= 11 is 1.51. The topological polar surface area (TPSA) is 74.2 Å². The molecule has 21 heavy (non-hydrogen) atoms. The Labute approximate surface area is 126 Å². The molecule has 0 aliphatic heterocycles. The van der Waals surface area contributed by atoms with E-state index in [1.807, 2.05) is 42.6 Å². The van der Waals surface area contributed by atoms with Crippen LogP contribution in [0.4, 0.5) is 5.69 Å². The molecule has 0 amide bonds. The van der Waals surface area contributed by atoms with Crippen LogP contribution in [-0.4, -0.2) is 16.7 Å². The minimum absolute atomic E-state index is 0.473. The minimum Gasteiger partial charge on any atom is -0.493 e. The van der Waals surface area contributed by atoms with Crippen molar-refractivity contribution in [2.24, 2.45) is 0 Å². The predicted octanol–water partition coefficient (Wildman–Crippen LogP) is 3.31. The van der Waals surface area contributed by atoms with E-state index in [0.717, 1.165) is 16.2 Å². The highest BCUT2D eigenvalue weighted by molar-refractivity contribution is 7.14. The third-order valence-electron chi connectivity index (χ3n) is 3.02. The number of anilines is 1. The molecule has 0 aliphatic carbocycles. The van der Waals surface area contributed by atoms with E-state index >= 15 is 0 Å². The molecule has 0 atom stereocenters. The van der Waals surface area contributed by atoms with E-state index in [1.54, 1.807) is 0 Å². The molecular formula is C15H15N3O2S. The molecule has 0 bridgehead atoms. The standard InChI is InChI=1S/C15H15N3O2S/c1-10-9-21-14(13(10)16)15-17-12(18-20-15)7-8-19-11-5-3-2-4-6-11/h2-6,9H,7-8,16H2,1H3. The molecule has 2 heterocycles. The number of hydrogen-bond donors (Lipinski definition) is 1. The highest BCUT2D eigenvalue weighted by Gasteiger charge is 2.15. The second-order valence-electron chi connectivity index (χ2n) is 4.59. The van der Waals surface area contributed by atoms with E-state index in [0.29, 0.717) is 30.4 Å². The van der Waals surface area contributed by atoms with Gasteiger partial charge in [0, 0.05) is 6.42 Å². The molecule has 0 saturated heterocycles. The summed E-state index contributed by atoms with van der Waals surface area (Å²) in [7, 11) is 0. The van der Waals surface area contributed by atoms with Crippen LogP contribution in [0, 0.1) is 6.92 Å². The number of benzene rings is 1. The molecule has 0 aliphatic rings. The Morgan fingerprint density at radius 3 is 2.81 bits per heavy atom. The Kier molecular flexibility index (Phi) is 3.87. The van der Waals surface area contributed by atoms with Crippen molar-refractivity contribution in [3.8, 4) is 16.5 Å². The van der Waals surface area contributed by atoms with Crippen LogP contribution in [0.5, 0.6) is 5.75 Å². The number of thiophene rings is 1. The molecule has 3 rings (SSSR count). The number of nitrogens with two attached hydrogens (primary N) is 1. The van der Waals surface area contributed by atoms with Crippen molar-refractivity contribution in [1.29, 1.82) is 0 Å². The lowest BCUT2D eigenvalue weighted by atomic mass is 10.3. The Bertz CT molecular complexity index is 722. The number of aryl methyl sites for hydroxylation is 1. The third kappa shape index (κ3) is 3.05. The fraction of sp³-hybridized carbons (Fsp3) is 0.200. The second-order valence-corrected chi connectivity index (χ2v) is 5.47. The van der Waals surface area contributed by atoms with E-state index in [2.05, 4.69) is 10.1 Å². The summed E-state index contributed by atoms with van der Waals surface area (Å²) in [5, 5.41) is 5.94. The van der Waals surface area contributed by atoms with E-state index in [9.17, 15) is 0 Å². The SMILES string of the molecule is Cc1csc(-c2nc(CCOc3ccccc3)no2)c1N. The zero-order valence-corrected chi connectivity index (χ0v) is 12.4. The maximum absolute atomic E-state index is 5.98. The van der Waals surface area contributed by atoms with Crippen molar-refractivity contribution in [2.75, 3.05) is 12.3 Å². The number of nitrogens with zero attached hydrogens (tertiary/aromatic N) is 2. The summed E-state index contributed by atoms with van der Waals surface area (Å²) < 4.78 is 10.9. The van der Waals surface area contributed by atoms with Gasteiger partial charge in [-0.2, -0.15) is 4.98 Å². The average Bonchev–Trinajstić information content (AvgIpc) is 3.08. The molecule has 0 saturated carbocycles. The number of hydrogen-bond acceptors (Lipinski definition) is 6. The molecule has 6 heteroatoms. The van der Waals surface area contributed by atoms with E-state index in [1.165, 1.54) is 11.3 Å². The van der Waals surface area contributed by atoms with Crippen molar-refractivity contribution in [3.05, 3.63) is 47.1 Å². The van der Waals surface area contributed by atoms with Crippen molar-refractivity contribution < 1.29 is 9.26 Å². The molecule has 108 valence electrons. The van der Waals surface area contributed by atoms with E-state index in [-0.39, 0.29) is 0 Å². The normalized spacial score (nSPS) is 10.7. The van der Waals surface area contributed by atoms with Gasteiger partial charge in [-0.25, -0.2) is 0 Å². The molecular weight excluding hydrogens is 286 g/mol. The fourth-order valence-corrected chi connectivity index (χ4v) is 2.74. The quantitative estimate of drug-likeness (QED) is 0.782. The molecule has 0 radical (unpaired) electrons. The zero-order chi connectivity index (χ0) is 14.7. The van der Waals surface area contributed by atoms with Gasteiger partial charge in [-0.15, -0.1) is 11.3 Å². The Morgan fingerprint density at radius 2 is 2.10 bits per heavy atom. The van der Waals surface area contributed by atoms with E-state index in [4.69, 9.17) is 15.0 Å². The van der Waals surface area contributed by atoms with Gasteiger partial charge in [0.2, 0.25) is 0 Å². The van der Waals surface area contributed by atoms with Crippen LogP contribution >= 0.6 is 11.3 Å². The molecule has 2 N–H and O–H groups in total. The van der Waals surface area contributed by atoms with E-state index < -0.39 is 0 Å². The van der Waals surface area contributed by atoms with Gasteiger partial charge in [0.15, 0.2) is 5.82 Å². The summed E-state index contributed by atoms with van der Waals surface area (Å²) in [6.07, 6.45) is 0.586. The summed E-state index contributed by atoms with van der Waals surface area (Å²) in [5.74, 6) is 1.92. The molecule has 0 spiro atoms. The van der Waals surface area contributed by atoms with Gasteiger partial charge in [0.05, 0.1) is 12.3 Å². The van der Waals surface area contributed by atoms with Crippen molar-refractivity contribution in [3.63, 3.8) is 0 Å². The summed E-state index contributed by atoms with van der Waals surface area (Å²) in [6.45, 7) is 2.46. The minimum atomic E-state index is 0.473. The highest BCUT2D eigenvalue weighted by atomic mass is 32.1. The first-order valence-corrected chi connectivity index (χ1v) is 7.46. The van der Waals surface area contributed by atoms with Crippen LogP contribution in [0.1, 0.15) is 11.4 Å². The summed E-state index contributed by atoms with van der Waals surface area (Å²) in [4.78, 5) is 5.19. The molecule has 5 nitrogen and oxygen atoms in total. The molecule has 1 aromatic carbocycles. The Hall–Kier alpha value is -2.34. The monoisotopic (exact) mass is 301 g/mol. The molecule has 2 aromatic heterocycles. The number of aromatic nitrogens is 2. The maximum Gasteiger partial charge on any atom is 0.270 e. The van der Waals surface area contributed by atoms with Crippen LogP contribution in [0.15, 0.2) is 40.2 Å². The largest absolute Gasteiger partial charge is 0.493 e. The summed E-state index contributed by atoms with van der Waals surface area (Å²) in [5.41, 5.74) is 7.71. The van der Waals surface area contributed by atoms with Crippen LogP contribution in [0.2, 0.25) is 0 Å².